The van der Waals surface area contributed by atoms with E-state index in [1.807, 2.05) is 54.6 Å². The van der Waals surface area contributed by atoms with Gasteiger partial charge in [-0.1, -0.05) is 56.6 Å². The van der Waals surface area contributed by atoms with E-state index >= 15 is 0 Å². The van der Waals surface area contributed by atoms with Gasteiger partial charge in [-0.2, -0.15) is 5.10 Å². The number of hydrogen-bond donors (Lipinski definition) is 1. The molecule has 3 heterocycles. The average molecular weight is 620 g/mol. The Morgan fingerprint density at radius 3 is 2.49 bits per heavy atom. The van der Waals surface area contributed by atoms with Crippen LogP contribution in [-0.2, 0) is 21.5 Å². The van der Waals surface area contributed by atoms with Crippen molar-refractivity contribution >= 4 is 41.0 Å². The fourth-order valence-corrected chi connectivity index (χ4v) is 6.44. The highest BCUT2D eigenvalue weighted by Crippen LogP contribution is 2.49. The normalized spacial score (nSPS) is 15.1. The highest BCUT2D eigenvalue weighted by atomic mass is 35.5. The lowest BCUT2D eigenvalue weighted by Crippen LogP contribution is -2.42. The van der Waals surface area contributed by atoms with E-state index in [0.29, 0.717) is 28.0 Å². The maximum absolute atomic E-state index is 13.9. The Hall–Kier alpha value is -4.02. The van der Waals surface area contributed by atoms with Gasteiger partial charge >= 0.3 is 0 Å². The van der Waals surface area contributed by atoms with Crippen molar-refractivity contribution in [1.29, 1.82) is 0 Å². The summed E-state index contributed by atoms with van der Waals surface area (Å²) in [7, 11) is 3.19. The van der Waals surface area contributed by atoms with Crippen LogP contribution in [0.5, 0.6) is 11.5 Å². The number of anilines is 1. The second-order valence-electron chi connectivity index (χ2n) is 11.1. The molecule has 0 saturated heterocycles. The van der Waals surface area contributed by atoms with Crippen molar-refractivity contribution in [2.75, 3.05) is 31.4 Å². The second kappa shape index (κ2) is 12.7. The Kier molecular flexibility index (Phi) is 8.98. The summed E-state index contributed by atoms with van der Waals surface area (Å²) in [5, 5.41) is 8.18. The van der Waals surface area contributed by atoms with Gasteiger partial charge in [-0.05, 0) is 42.0 Å². The fraction of sp³-hybridized carbons (Fsp3) is 0.312. The van der Waals surface area contributed by atoms with Gasteiger partial charge in [0.25, 0.3) is 0 Å². The van der Waals surface area contributed by atoms with Crippen LogP contribution >= 0.6 is 23.4 Å². The standard InChI is InChI=1S/C32H34ClN5O4S/c1-32(2,3)30-28-29(20-13-14-24(41-4)25(16-20)42-5)43-19-27(40)37(18-26(39)35-17-21-10-8-9-15-34-21)31(28)38(36-30)23-12-7-6-11-22(23)33/h6-16,29H,17-19H2,1-5H3,(H,35,39). The first-order chi connectivity index (χ1) is 20.6. The molecule has 1 atom stereocenters. The molecule has 1 N–H and O–H groups in total. The SMILES string of the molecule is COc1ccc(C2SCC(=O)N(CC(=O)NCc3ccccn3)c3c2c(C(C)(C)C)nn3-c2ccccc2Cl)cc1OC. The number of methoxy groups -OCH3 is 2. The second-order valence-corrected chi connectivity index (χ2v) is 12.6. The monoisotopic (exact) mass is 619 g/mol. The molecule has 4 aromatic rings. The summed E-state index contributed by atoms with van der Waals surface area (Å²) < 4.78 is 12.8. The Labute approximate surface area is 260 Å². The van der Waals surface area contributed by atoms with Gasteiger partial charge in [-0.15, -0.1) is 11.8 Å². The molecule has 0 fully saturated rings. The molecule has 1 unspecified atom stereocenters. The van der Waals surface area contributed by atoms with E-state index in [9.17, 15) is 9.59 Å². The Morgan fingerprint density at radius 2 is 1.81 bits per heavy atom. The number of ether oxygens (including phenoxy) is 2. The number of carbonyl (C=O) groups is 2. The molecule has 1 aliphatic rings. The lowest BCUT2D eigenvalue weighted by atomic mass is 9.87. The number of halogens is 1. The predicted molar refractivity (Wildman–Crippen MR) is 170 cm³/mol. The quantitative estimate of drug-likeness (QED) is 0.269. The molecule has 11 heteroatoms. The molecule has 2 amide bonds. The van der Waals surface area contributed by atoms with Crippen LogP contribution in [0, 0.1) is 0 Å². The van der Waals surface area contributed by atoms with Crippen LogP contribution in [0.15, 0.2) is 66.9 Å². The van der Waals surface area contributed by atoms with Gasteiger partial charge in [0.1, 0.15) is 12.4 Å². The van der Waals surface area contributed by atoms with Crippen LogP contribution in [0.25, 0.3) is 5.69 Å². The maximum atomic E-state index is 13.9. The highest BCUT2D eigenvalue weighted by Gasteiger charge is 2.40. The summed E-state index contributed by atoms with van der Waals surface area (Å²) in [4.78, 5) is 33.1. The number of rotatable bonds is 8. The zero-order chi connectivity index (χ0) is 30.7. The van der Waals surface area contributed by atoms with Crippen molar-refractivity contribution in [1.82, 2.24) is 20.1 Å². The van der Waals surface area contributed by atoms with Crippen molar-refractivity contribution in [3.8, 4) is 17.2 Å². The Morgan fingerprint density at radius 1 is 1.07 bits per heavy atom. The number of amides is 2. The molecule has 1 aliphatic heterocycles. The Bertz CT molecular complexity index is 1640. The smallest absolute Gasteiger partial charge is 0.240 e. The van der Waals surface area contributed by atoms with E-state index < -0.39 is 5.41 Å². The van der Waals surface area contributed by atoms with E-state index in [1.54, 1.807) is 31.2 Å². The number of carbonyl (C=O) groups excluding carboxylic acids is 2. The van der Waals surface area contributed by atoms with E-state index in [2.05, 4.69) is 31.1 Å². The molecule has 5 rings (SSSR count). The molecule has 224 valence electrons. The van der Waals surface area contributed by atoms with E-state index in [-0.39, 0.29) is 35.9 Å². The number of benzene rings is 2. The predicted octanol–water partition coefficient (Wildman–Crippen LogP) is 5.72. The van der Waals surface area contributed by atoms with Crippen LogP contribution in [0.3, 0.4) is 0 Å². The topological polar surface area (TPSA) is 98.6 Å². The van der Waals surface area contributed by atoms with Crippen molar-refractivity contribution in [2.45, 2.75) is 38.0 Å². The summed E-state index contributed by atoms with van der Waals surface area (Å²) in [5.41, 5.74) is 3.48. The van der Waals surface area contributed by atoms with Gasteiger partial charge in [-0.3, -0.25) is 19.5 Å². The van der Waals surface area contributed by atoms with Gasteiger partial charge < -0.3 is 14.8 Å². The lowest BCUT2D eigenvalue weighted by Gasteiger charge is -2.25. The molecule has 2 aromatic carbocycles. The van der Waals surface area contributed by atoms with Gasteiger partial charge in [0.15, 0.2) is 11.5 Å². The minimum absolute atomic E-state index is 0.146. The summed E-state index contributed by atoms with van der Waals surface area (Å²) in [6.45, 7) is 6.30. The van der Waals surface area contributed by atoms with Crippen molar-refractivity contribution < 1.29 is 19.1 Å². The van der Waals surface area contributed by atoms with Crippen LogP contribution in [0.4, 0.5) is 5.82 Å². The number of pyridine rings is 1. The fourth-order valence-electron chi connectivity index (χ4n) is 5.04. The number of para-hydroxylation sites is 1. The van der Waals surface area contributed by atoms with Crippen LogP contribution < -0.4 is 19.7 Å². The minimum Gasteiger partial charge on any atom is -0.493 e. The number of thioether (sulfide) groups is 1. The molecule has 0 spiro atoms. The summed E-state index contributed by atoms with van der Waals surface area (Å²) >= 11 is 8.20. The van der Waals surface area contributed by atoms with Gasteiger partial charge in [0.2, 0.25) is 11.8 Å². The number of nitrogens with one attached hydrogen (secondary N) is 1. The largest absolute Gasteiger partial charge is 0.493 e. The maximum Gasteiger partial charge on any atom is 0.240 e. The zero-order valence-electron chi connectivity index (χ0n) is 24.8. The summed E-state index contributed by atoms with van der Waals surface area (Å²) in [6, 6.07) is 18.6. The van der Waals surface area contributed by atoms with Gasteiger partial charge in [0.05, 0.1) is 53.9 Å². The third kappa shape index (κ3) is 6.35. The number of nitrogens with zero attached hydrogens (tertiary/aromatic N) is 4. The first-order valence-corrected chi connectivity index (χ1v) is 15.2. The van der Waals surface area contributed by atoms with Gasteiger partial charge in [-0.25, -0.2) is 4.68 Å². The highest BCUT2D eigenvalue weighted by molar-refractivity contribution is 8.00. The average Bonchev–Trinajstić information content (AvgIpc) is 3.33. The lowest BCUT2D eigenvalue weighted by molar-refractivity contribution is -0.123. The number of hydrogen-bond acceptors (Lipinski definition) is 7. The van der Waals surface area contributed by atoms with Crippen LogP contribution in [0.2, 0.25) is 5.02 Å². The molecule has 9 nitrogen and oxygen atoms in total. The molecule has 0 bridgehead atoms. The summed E-state index contributed by atoms with van der Waals surface area (Å²) in [5.74, 6) is 1.32. The molecule has 0 aliphatic carbocycles. The molecule has 0 saturated carbocycles. The first-order valence-electron chi connectivity index (χ1n) is 13.8. The number of fused-ring (bicyclic) bond motifs is 1. The van der Waals surface area contributed by atoms with E-state index in [0.717, 1.165) is 22.5 Å². The van der Waals surface area contributed by atoms with Crippen molar-refractivity contribution in [2.24, 2.45) is 0 Å². The number of aromatic nitrogens is 3. The van der Waals surface area contributed by atoms with Crippen molar-refractivity contribution in [3.63, 3.8) is 0 Å². The van der Waals surface area contributed by atoms with Crippen LogP contribution in [0.1, 0.15) is 48.5 Å². The third-order valence-electron chi connectivity index (χ3n) is 7.08. The molecule has 2 aromatic heterocycles. The van der Waals surface area contributed by atoms with Crippen LogP contribution in [-0.4, -0.2) is 53.1 Å². The van der Waals surface area contributed by atoms with Crippen molar-refractivity contribution in [3.05, 3.63) is 94.4 Å². The molecular formula is C32H34ClN5O4S. The third-order valence-corrected chi connectivity index (χ3v) is 8.66. The zero-order valence-corrected chi connectivity index (χ0v) is 26.3. The first kappa shape index (κ1) is 30.4. The molecule has 0 radical (unpaired) electrons. The van der Waals surface area contributed by atoms with E-state index in [1.165, 1.54) is 16.7 Å². The summed E-state index contributed by atoms with van der Waals surface area (Å²) in [6.07, 6.45) is 1.67. The van der Waals surface area contributed by atoms with Gasteiger partial charge in [0, 0.05) is 17.2 Å². The minimum atomic E-state index is -0.410. The molecular weight excluding hydrogens is 586 g/mol. The Balaban J connectivity index is 1.68. The van der Waals surface area contributed by atoms with E-state index in [4.69, 9.17) is 26.2 Å². The molecule has 43 heavy (non-hydrogen) atoms.